The summed E-state index contributed by atoms with van der Waals surface area (Å²) in [7, 11) is 0. The molecule has 0 unspecified atom stereocenters. The van der Waals surface area contributed by atoms with Gasteiger partial charge in [0.1, 0.15) is 18.2 Å². The highest BCUT2D eigenvalue weighted by atomic mass is 16.5. The van der Waals surface area contributed by atoms with Crippen LogP contribution in [-0.2, 0) is 12.0 Å². The highest BCUT2D eigenvalue weighted by molar-refractivity contribution is 5.38. The van der Waals surface area contributed by atoms with Crippen molar-refractivity contribution in [2.75, 3.05) is 5.73 Å². The summed E-state index contributed by atoms with van der Waals surface area (Å²) in [6.45, 7) is 6.88. The first-order chi connectivity index (χ1) is 8.97. The SMILES string of the molecule is CC(C)(C)c1ccccc1OCc1cnc(N)cn1. The fourth-order valence-corrected chi connectivity index (χ4v) is 1.80. The molecule has 0 atom stereocenters. The lowest BCUT2D eigenvalue weighted by atomic mass is 9.86. The monoisotopic (exact) mass is 257 g/mol. The molecule has 1 aromatic heterocycles. The minimum atomic E-state index is 0.0450. The van der Waals surface area contributed by atoms with E-state index in [-0.39, 0.29) is 5.41 Å². The van der Waals surface area contributed by atoms with Crippen molar-refractivity contribution in [1.29, 1.82) is 0 Å². The standard InChI is InChI=1S/C15H19N3O/c1-15(2,3)12-6-4-5-7-13(12)19-10-11-8-18-14(16)9-17-11/h4-9H,10H2,1-3H3,(H2,16,18). The second-order valence-electron chi connectivity index (χ2n) is 5.47. The van der Waals surface area contributed by atoms with E-state index in [4.69, 9.17) is 10.5 Å². The normalized spacial score (nSPS) is 11.3. The number of hydrogen-bond donors (Lipinski definition) is 1. The van der Waals surface area contributed by atoms with Gasteiger partial charge in [0.15, 0.2) is 0 Å². The number of ether oxygens (including phenoxy) is 1. The number of nitrogen functional groups attached to an aromatic ring is 1. The summed E-state index contributed by atoms with van der Waals surface area (Å²) in [5.74, 6) is 1.30. The Morgan fingerprint density at radius 1 is 1.11 bits per heavy atom. The van der Waals surface area contributed by atoms with E-state index in [1.165, 1.54) is 11.8 Å². The Bertz CT molecular complexity index is 544. The summed E-state index contributed by atoms with van der Waals surface area (Å²) < 4.78 is 5.85. The van der Waals surface area contributed by atoms with Gasteiger partial charge in [0.2, 0.25) is 0 Å². The van der Waals surface area contributed by atoms with Crippen LogP contribution < -0.4 is 10.5 Å². The van der Waals surface area contributed by atoms with Crippen LogP contribution in [0.25, 0.3) is 0 Å². The van der Waals surface area contributed by atoms with Crippen molar-refractivity contribution in [2.45, 2.75) is 32.8 Å². The Balaban J connectivity index is 2.14. The van der Waals surface area contributed by atoms with Crippen LogP contribution in [0.5, 0.6) is 5.75 Å². The molecule has 0 bridgehead atoms. The molecular weight excluding hydrogens is 238 g/mol. The fraction of sp³-hybridized carbons (Fsp3) is 0.333. The zero-order valence-corrected chi connectivity index (χ0v) is 11.6. The number of nitrogens with zero attached hydrogens (tertiary/aromatic N) is 2. The molecule has 2 N–H and O–H groups in total. The smallest absolute Gasteiger partial charge is 0.141 e. The quantitative estimate of drug-likeness (QED) is 0.918. The molecule has 0 aliphatic heterocycles. The van der Waals surface area contributed by atoms with Crippen LogP contribution in [-0.4, -0.2) is 9.97 Å². The number of rotatable bonds is 3. The van der Waals surface area contributed by atoms with Crippen LogP contribution in [0, 0.1) is 0 Å². The molecule has 1 aromatic carbocycles. The third kappa shape index (κ3) is 3.44. The second kappa shape index (κ2) is 5.26. The molecule has 0 radical (unpaired) electrons. The molecule has 0 saturated carbocycles. The Kier molecular flexibility index (Phi) is 3.69. The van der Waals surface area contributed by atoms with E-state index in [1.54, 1.807) is 6.20 Å². The molecule has 1 heterocycles. The van der Waals surface area contributed by atoms with Crippen molar-refractivity contribution in [3.05, 3.63) is 47.9 Å². The topological polar surface area (TPSA) is 61.0 Å². The Morgan fingerprint density at radius 3 is 2.47 bits per heavy atom. The van der Waals surface area contributed by atoms with E-state index in [9.17, 15) is 0 Å². The van der Waals surface area contributed by atoms with Crippen LogP contribution in [0.2, 0.25) is 0 Å². The maximum Gasteiger partial charge on any atom is 0.141 e. The number of hydrogen-bond acceptors (Lipinski definition) is 4. The number of aromatic nitrogens is 2. The van der Waals surface area contributed by atoms with Crippen molar-refractivity contribution in [1.82, 2.24) is 9.97 Å². The first-order valence-electron chi connectivity index (χ1n) is 6.25. The van der Waals surface area contributed by atoms with Gasteiger partial charge in [0, 0.05) is 0 Å². The number of benzene rings is 1. The predicted octanol–water partition coefficient (Wildman–Crippen LogP) is 2.94. The highest BCUT2D eigenvalue weighted by Crippen LogP contribution is 2.31. The molecule has 2 rings (SSSR count). The van der Waals surface area contributed by atoms with Crippen LogP contribution in [0.4, 0.5) is 5.82 Å². The van der Waals surface area contributed by atoms with Gasteiger partial charge in [0.05, 0.1) is 18.1 Å². The molecule has 2 aromatic rings. The average molecular weight is 257 g/mol. The molecule has 100 valence electrons. The number of nitrogens with two attached hydrogens (primary N) is 1. The zero-order valence-electron chi connectivity index (χ0n) is 11.6. The number of para-hydroxylation sites is 1. The molecule has 4 heteroatoms. The Labute approximate surface area is 113 Å². The van der Waals surface area contributed by atoms with E-state index < -0.39 is 0 Å². The fourth-order valence-electron chi connectivity index (χ4n) is 1.80. The minimum Gasteiger partial charge on any atom is -0.487 e. The van der Waals surface area contributed by atoms with Gasteiger partial charge in [0.25, 0.3) is 0 Å². The predicted molar refractivity (Wildman–Crippen MR) is 75.9 cm³/mol. The zero-order chi connectivity index (χ0) is 13.9. The highest BCUT2D eigenvalue weighted by Gasteiger charge is 2.18. The maximum atomic E-state index is 5.85. The molecule has 0 amide bonds. The van der Waals surface area contributed by atoms with Crippen molar-refractivity contribution < 1.29 is 4.74 Å². The molecule has 0 aliphatic carbocycles. The number of anilines is 1. The summed E-state index contributed by atoms with van der Waals surface area (Å²) in [5, 5.41) is 0. The van der Waals surface area contributed by atoms with Crippen LogP contribution in [0.1, 0.15) is 32.0 Å². The van der Waals surface area contributed by atoms with Crippen LogP contribution in [0.3, 0.4) is 0 Å². The van der Waals surface area contributed by atoms with Crippen molar-refractivity contribution in [2.24, 2.45) is 0 Å². The lowest BCUT2D eigenvalue weighted by Gasteiger charge is -2.22. The van der Waals surface area contributed by atoms with Gasteiger partial charge in [-0.15, -0.1) is 0 Å². The van der Waals surface area contributed by atoms with E-state index >= 15 is 0 Å². The minimum absolute atomic E-state index is 0.0450. The van der Waals surface area contributed by atoms with Gasteiger partial charge < -0.3 is 10.5 Å². The van der Waals surface area contributed by atoms with Gasteiger partial charge in [-0.2, -0.15) is 0 Å². The van der Waals surface area contributed by atoms with Gasteiger partial charge in [-0.05, 0) is 17.0 Å². The third-order valence-electron chi connectivity index (χ3n) is 2.80. The molecule has 0 spiro atoms. The Hall–Kier alpha value is -2.10. The molecule has 19 heavy (non-hydrogen) atoms. The van der Waals surface area contributed by atoms with Crippen LogP contribution in [0.15, 0.2) is 36.7 Å². The first kappa shape index (κ1) is 13.3. The van der Waals surface area contributed by atoms with Gasteiger partial charge in [-0.3, -0.25) is 4.98 Å². The van der Waals surface area contributed by atoms with Gasteiger partial charge in [-0.1, -0.05) is 39.0 Å². The Morgan fingerprint density at radius 2 is 1.84 bits per heavy atom. The molecule has 4 nitrogen and oxygen atoms in total. The summed E-state index contributed by atoms with van der Waals surface area (Å²) in [5.41, 5.74) is 7.49. The van der Waals surface area contributed by atoms with Crippen molar-refractivity contribution in [3.63, 3.8) is 0 Å². The van der Waals surface area contributed by atoms with E-state index in [0.29, 0.717) is 12.4 Å². The van der Waals surface area contributed by atoms with Crippen molar-refractivity contribution in [3.8, 4) is 5.75 Å². The second-order valence-corrected chi connectivity index (χ2v) is 5.47. The van der Waals surface area contributed by atoms with E-state index in [2.05, 4.69) is 36.8 Å². The molecular formula is C15H19N3O. The lowest BCUT2D eigenvalue weighted by Crippen LogP contribution is -2.13. The average Bonchev–Trinajstić information content (AvgIpc) is 2.37. The molecule has 0 saturated heterocycles. The maximum absolute atomic E-state index is 5.85. The van der Waals surface area contributed by atoms with E-state index in [0.717, 1.165) is 11.4 Å². The summed E-state index contributed by atoms with van der Waals surface area (Å²) >= 11 is 0. The van der Waals surface area contributed by atoms with Crippen molar-refractivity contribution >= 4 is 5.82 Å². The summed E-state index contributed by atoms with van der Waals surface area (Å²) in [6, 6.07) is 8.06. The summed E-state index contributed by atoms with van der Waals surface area (Å²) in [6.07, 6.45) is 3.17. The third-order valence-corrected chi connectivity index (χ3v) is 2.80. The van der Waals surface area contributed by atoms with E-state index in [1.807, 2.05) is 18.2 Å². The first-order valence-corrected chi connectivity index (χ1v) is 6.25. The summed E-state index contributed by atoms with van der Waals surface area (Å²) in [4.78, 5) is 8.17. The molecule has 0 fully saturated rings. The van der Waals surface area contributed by atoms with Gasteiger partial charge in [-0.25, -0.2) is 4.98 Å². The lowest BCUT2D eigenvalue weighted by molar-refractivity contribution is 0.292. The van der Waals surface area contributed by atoms with Crippen LogP contribution >= 0.6 is 0 Å². The molecule has 0 aliphatic rings. The largest absolute Gasteiger partial charge is 0.487 e. The van der Waals surface area contributed by atoms with Gasteiger partial charge >= 0.3 is 0 Å².